The van der Waals surface area contributed by atoms with Crippen LogP contribution in [0.15, 0.2) is 22.0 Å². The molecule has 7 heteroatoms. The number of carbonyl (C=O) groups is 1. The third kappa shape index (κ3) is 2.59. The lowest BCUT2D eigenvalue weighted by molar-refractivity contribution is -0.118. The molecule has 0 saturated heterocycles. The zero-order valence-electron chi connectivity index (χ0n) is 8.14. The highest BCUT2D eigenvalue weighted by Crippen LogP contribution is 2.20. The monoisotopic (exact) mass is 257 g/mol. The molecule has 0 aliphatic heterocycles. The van der Waals surface area contributed by atoms with Crippen molar-refractivity contribution in [3.63, 3.8) is 0 Å². The number of halogens is 1. The predicted octanol–water partition coefficient (Wildman–Crippen LogP) is 1.65. The highest BCUT2D eigenvalue weighted by Gasteiger charge is 2.09. The van der Waals surface area contributed by atoms with Crippen LogP contribution in [-0.4, -0.2) is 21.9 Å². The molecule has 0 atom stereocenters. The molecule has 0 saturated carbocycles. The van der Waals surface area contributed by atoms with Crippen LogP contribution in [0.5, 0.6) is 0 Å². The van der Waals surface area contributed by atoms with Gasteiger partial charge in [0.25, 0.3) is 0 Å². The van der Waals surface area contributed by atoms with Crippen molar-refractivity contribution in [2.75, 3.05) is 5.88 Å². The van der Waals surface area contributed by atoms with Crippen LogP contribution in [0.25, 0.3) is 10.7 Å². The van der Waals surface area contributed by atoms with E-state index in [1.165, 1.54) is 11.3 Å². The molecule has 0 spiro atoms. The van der Waals surface area contributed by atoms with Crippen molar-refractivity contribution >= 4 is 28.8 Å². The summed E-state index contributed by atoms with van der Waals surface area (Å²) in [5.74, 6) is 0.552. The van der Waals surface area contributed by atoms with E-state index in [0.717, 1.165) is 4.88 Å². The van der Waals surface area contributed by atoms with Gasteiger partial charge >= 0.3 is 0 Å². The average molecular weight is 258 g/mol. The van der Waals surface area contributed by atoms with E-state index >= 15 is 0 Å². The van der Waals surface area contributed by atoms with Gasteiger partial charge in [-0.2, -0.15) is 4.98 Å². The summed E-state index contributed by atoms with van der Waals surface area (Å²) >= 11 is 6.85. The third-order valence-corrected chi connectivity index (χ3v) is 2.88. The molecule has 2 heterocycles. The van der Waals surface area contributed by atoms with Gasteiger partial charge in [-0.3, -0.25) is 4.79 Å². The van der Waals surface area contributed by atoms with Gasteiger partial charge in [0.1, 0.15) is 5.88 Å². The average Bonchev–Trinajstić information content (AvgIpc) is 2.95. The summed E-state index contributed by atoms with van der Waals surface area (Å²) in [6, 6.07) is 3.81. The maximum atomic E-state index is 10.9. The lowest BCUT2D eigenvalue weighted by Gasteiger charge is -1.95. The Kier molecular flexibility index (Phi) is 3.53. The van der Waals surface area contributed by atoms with E-state index in [2.05, 4.69) is 15.5 Å². The molecule has 1 N–H and O–H groups in total. The number of carbonyl (C=O) groups excluding carboxylic acids is 1. The van der Waals surface area contributed by atoms with Crippen LogP contribution in [0.3, 0.4) is 0 Å². The molecular weight excluding hydrogens is 250 g/mol. The molecule has 0 aliphatic carbocycles. The molecule has 0 bridgehead atoms. The molecule has 2 aromatic rings. The lowest BCUT2D eigenvalue weighted by atomic mass is 10.4. The topological polar surface area (TPSA) is 68.0 Å². The van der Waals surface area contributed by atoms with Crippen molar-refractivity contribution in [3.8, 4) is 10.7 Å². The fraction of sp³-hybridized carbons (Fsp3) is 0.222. The van der Waals surface area contributed by atoms with Crippen molar-refractivity contribution in [2.24, 2.45) is 0 Å². The van der Waals surface area contributed by atoms with Crippen molar-refractivity contribution in [1.29, 1.82) is 0 Å². The molecule has 0 unspecified atom stereocenters. The van der Waals surface area contributed by atoms with Gasteiger partial charge < -0.3 is 9.84 Å². The van der Waals surface area contributed by atoms with E-state index in [1.807, 2.05) is 17.5 Å². The SMILES string of the molecule is O=C(CCl)NCc1nc(-c2cccs2)no1. The fourth-order valence-electron chi connectivity index (χ4n) is 1.05. The zero-order chi connectivity index (χ0) is 11.4. The molecule has 0 aromatic carbocycles. The fourth-order valence-corrected chi connectivity index (χ4v) is 1.80. The molecule has 2 rings (SSSR count). The van der Waals surface area contributed by atoms with Gasteiger partial charge in [0.05, 0.1) is 11.4 Å². The Hall–Kier alpha value is -1.40. The summed E-state index contributed by atoms with van der Waals surface area (Å²) in [4.78, 5) is 16.0. The summed E-state index contributed by atoms with van der Waals surface area (Å²) in [5.41, 5.74) is 0. The molecule has 84 valence electrons. The standard InChI is InChI=1S/C9H8ClN3O2S/c10-4-7(14)11-5-8-12-9(13-15-8)6-2-1-3-16-6/h1-3H,4-5H2,(H,11,14). The quantitative estimate of drug-likeness (QED) is 0.846. The maximum absolute atomic E-state index is 10.9. The van der Waals surface area contributed by atoms with E-state index in [-0.39, 0.29) is 18.3 Å². The second-order valence-electron chi connectivity index (χ2n) is 2.90. The largest absolute Gasteiger partial charge is 0.346 e. The summed E-state index contributed by atoms with van der Waals surface area (Å²) in [6.45, 7) is 0.198. The van der Waals surface area contributed by atoms with E-state index in [4.69, 9.17) is 16.1 Å². The van der Waals surface area contributed by atoms with Crippen LogP contribution in [0.2, 0.25) is 0 Å². The first-order chi connectivity index (χ1) is 7.79. The normalized spacial score (nSPS) is 10.3. The number of amides is 1. The van der Waals surface area contributed by atoms with Crippen molar-refractivity contribution in [2.45, 2.75) is 6.54 Å². The minimum Gasteiger partial charge on any atom is -0.346 e. The zero-order valence-corrected chi connectivity index (χ0v) is 9.72. The van der Waals surface area contributed by atoms with Crippen molar-refractivity contribution in [3.05, 3.63) is 23.4 Å². The van der Waals surface area contributed by atoms with E-state index < -0.39 is 0 Å². The first-order valence-corrected chi connectivity index (χ1v) is 5.90. The lowest BCUT2D eigenvalue weighted by Crippen LogP contribution is -2.23. The highest BCUT2D eigenvalue weighted by atomic mass is 35.5. The van der Waals surface area contributed by atoms with Gasteiger partial charge in [-0.1, -0.05) is 11.2 Å². The number of alkyl halides is 1. The number of aromatic nitrogens is 2. The third-order valence-electron chi connectivity index (χ3n) is 1.77. The van der Waals surface area contributed by atoms with Crippen LogP contribution < -0.4 is 5.32 Å². The van der Waals surface area contributed by atoms with Crippen LogP contribution in [-0.2, 0) is 11.3 Å². The Morgan fingerprint density at radius 1 is 1.62 bits per heavy atom. The Balaban J connectivity index is 2.00. The molecule has 0 aliphatic rings. The minimum absolute atomic E-state index is 0.0775. The first kappa shape index (κ1) is 11.1. The van der Waals surface area contributed by atoms with Crippen molar-refractivity contribution in [1.82, 2.24) is 15.5 Å². The summed E-state index contributed by atoms with van der Waals surface area (Å²) < 4.78 is 4.97. The number of hydrogen-bond acceptors (Lipinski definition) is 5. The van der Waals surface area contributed by atoms with E-state index in [9.17, 15) is 4.79 Å². The minimum atomic E-state index is -0.266. The summed E-state index contributed by atoms with van der Waals surface area (Å²) in [7, 11) is 0. The van der Waals surface area contributed by atoms with Gasteiger partial charge in [0.2, 0.25) is 17.6 Å². The van der Waals surface area contributed by atoms with E-state index in [0.29, 0.717) is 11.7 Å². The molecule has 0 fully saturated rings. The maximum Gasteiger partial charge on any atom is 0.246 e. The predicted molar refractivity (Wildman–Crippen MR) is 60.2 cm³/mol. The smallest absolute Gasteiger partial charge is 0.246 e. The van der Waals surface area contributed by atoms with Gasteiger partial charge in [0.15, 0.2) is 0 Å². The Morgan fingerprint density at radius 3 is 3.19 bits per heavy atom. The second kappa shape index (κ2) is 5.09. The van der Waals surface area contributed by atoms with Crippen LogP contribution in [0.4, 0.5) is 0 Å². The van der Waals surface area contributed by atoms with Gasteiger partial charge in [0, 0.05) is 0 Å². The highest BCUT2D eigenvalue weighted by molar-refractivity contribution is 7.13. The Bertz CT molecular complexity index is 469. The van der Waals surface area contributed by atoms with Gasteiger partial charge in [-0.25, -0.2) is 0 Å². The summed E-state index contributed by atoms with van der Waals surface area (Å²) in [6.07, 6.45) is 0. The van der Waals surface area contributed by atoms with Crippen molar-refractivity contribution < 1.29 is 9.32 Å². The van der Waals surface area contributed by atoms with Crippen LogP contribution >= 0.6 is 22.9 Å². The van der Waals surface area contributed by atoms with Crippen LogP contribution in [0, 0.1) is 0 Å². The second-order valence-corrected chi connectivity index (χ2v) is 4.11. The Labute approximate surface area is 100 Å². The molecule has 5 nitrogen and oxygen atoms in total. The molecule has 1 amide bonds. The van der Waals surface area contributed by atoms with Gasteiger partial charge in [-0.05, 0) is 11.4 Å². The van der Waals surface area contributed by atoms with Gasteiger partial charge in [-0.15, -0.1) is 22.9 Å². The summed E-state index contributed by atoms with van der Waals surface area (Å²) in [5, 5.41) is 8.28. The number of nitrogens with zero attached hydrogens (tertiary/aromatic N) is 2. The number of nitrogens with one attached hydrogen (secondary N) is 1. The molecule has 0 radical (unpaired) electrons. The Morgan fingerprint density at radius 2 is 2.50 bits per heavy atom. The molecule has 2 aromatic heterocycles. The first-order valence-electron chi connectivity index (χ1n) is 4.48. The number of thiophene rings is 1. The number of hydrogen-bond donors (Lipinski definition) is 1. The number of rotatable bonds is 4. The van der Waals surface area contributed by atoms with Crippen LogP contribution in [0.1, 0.15) is 5.89 Å². The molecule has 16 heavy (non-hydrogen) atoms. The molecular formula is C9H8ClN3O2S. The van der Waals surface area contributed by atoms with E-state index in [1.54, 1.807) is 0 Å².